The fraction of sp³-hybridized carbons (Fsp3) is 0.462. The number of para-hydroxylation sites is 1. The minimum absolute atomic E-state index is 0.00369. The molecule has 0 saturated heterocycles. The van der Waals surface area contributed by atoms with Crippen molar-refractivity contribution in [1.29, 1.82) is 0 Å². The molecule has 0 fully saturated rings. The monoisotopic (exact) mass is 252 g/mol. The predicted octanol–water partition coefficient (Wildman–Crippen LogP) is 3.51. The molecule has 1 aliphatic heterocycles. The number of halogens is 1. The van der Waals surface area contributed by atoms with E-state index in [1.807, 2.05) is 45.9 Å². The van der Waals surface area contributed by atoms with Gasteiger partial charge in [-0.25, -0.2) is 0 Å². The lowest BCUT2D eigenvalue weighted by atomic mass is 9.74. The topological polar surface area (TPSA) is 41.1 Å². The zero-order valence-corrected chi connectivity index (χ0v) is 11.3. The van der Waals surface area contributed by atoms with Crippen molar-refractivity contribution in [2.45, 2.75) is 33.2 Å². The van der Waals surface area contributed by atoms with Crippen molar-refractivity contribution in [3.05, 3.63) is 23.2 Å². The van der Waals surface area contributed by atoms with Gasteiger partial charge in [-0.15, -0.1) is 0 Å². The number of hydrogen-bond donors (Lipinski definition) is 2. The van der Waals surface area contributed by atoms with Crippen LogP contribution in [0.25, 0.3) is 0 Å². The Labute approximate surface area is 107 Å². The number of anilines is 2. The molecule has 0 atom stereocenters. The van der Waals surface area contributed by atoms with Crippen molar-refractivity contribution in [1.82, 2.24) is 0 Å². The van der Waals surface area contributed by atoms with Crippen LogP contribution in [0.5, 0.6) is 0 Å². The second kappa shape index (κ2) is 3.64. The van der Waals surface area contributed by atoms with Crippen LogP contribution in [-0.2, 0) is 4.79 Å². The Bertz CT molecular complexity index is 480. The molecule has 0 radical (unpaired) electrons. The smallest absolute Gasteiger partial charge is 0.232 e. The fourth-order valence-electron chi connectivity index (χ4n) is 1.79. The number of fused-ring (bicyclic) bond motifs is 1. The number of nitrogens with one attached hydrogen (secondary N) is 2. The standard InChI is InChI=1S/C13H17ClN2O/c1-12(2)11(17)15-9-7-5-6-8(14)10(9)16-13(12,3)4/h5-7,16H,1-4H3,(H,15,17). The Morgan fingerprint density at radius 2 is 1.82 bits per heavy atom. The predicted molar refractivity (Wildman–Crippen MR) is 71.6 cm³/mol. The van der Waals surface area contributed by atoms with Gasteiger partial charge in [0, 0.05) is 5.54 Å². The molecular weight excluding hydrogens is 236 g/mol. The molecule has 0 bridgehead atoms. The molecule has 0 saturated carbocycles. The van der Waals surface area contributed by atoms with E-state index in [2.05, 4.69) is 10.6 Å². The number of amides is 1. The largest absolute Gasteiger partial charge is 0.376 e. The Morgan fingerprint density at radius 1 is 1.18 bits per heavy atom. The van der Waals surface area contributed by atoms with Crippen molar-refractivity contribution in [3.8, 4) is 0 Å². The van der Waals surface area contributed by atoms with Crippen molar-refractivity contribution in [2.24, 2.45) is 5.41 Å². The lowest BCUT2D eigenvalue weighted by molar-refractivity contribution is -0.126. The molecule has 17 heavy (non-hydrogen) atoms. The summed E-state index contributed by atoms with van der Waals surface area (Å²) in [6.45, 7) is 7.86. The molecular formula is C13H17ClN2O. The van der Waals surface area contributed by atoms with Crippen LogP contribution in [-0.4, -0.2) is 11.4 Å². The molecule has 0 aromatic heterocycles. The third-order valence-corrected chi connectivity index (χ3v) is 4.14. The summed E-state index contributed by atoms with van der Waals surface area (Å²) < 4.78 is 0. The molecule has 2 rings (SSSR count). The summed E-state index contributed by atoms with van der Waals surface area (Å²) in [4.78, 5) is 12.2. The van der Waals surface area contributed by atoms with Gasteiger partial charge in [-0.2, -0.15) is 0 Å². The average Bonchev–Trinajstić information content (AvgIpc) is 2.27. The van der Waals surface area contributed by atoms with Crippen LogP contribution in [0, 0.1) is 5.41 Å². The molecule has 2 N–H and O–H groups in total. The van der Waals surface area contributed by atoms with E-state index in [-0.39, 0.29) is 11.4 Å². The van der Waals surface area contributed by atoms with E-state index < -0.39 is 5.41 Å². The van der Waals surface area contributed by atoms with E-state index in [4.69, 9.17) is 11.6 Å². The maximum Gasteiger partial charge on any atom is 0.232 e. The van der Waals surface area contributed by atoms with Gasteiger partial charge < -0.3 is 10.6 Å². The van der Waals surface area contributed by atoms with Crippen LogP contribution in [0.15, 0.2) is 18.2 Å². The van der Waals surface area contributed by atoms with Crippen LogP contribution in [0.1, 0.15) is 27.7 Å². The summed E-state index contributed by atoms with van der Waals surface area (Å²) in [7, 11) is 0. The van der Waals surface area contributed by atoms with Crippen LogP contribution in [0.2, 0.25) is 5.02 Å². The Kier molecular flexibility index (Phi) is 2.62. The van der Waals surface area contributed by atoms with Crippen molar-refractivity contribution in [2.75, 3.05) is 10.6 Å². The zero-order chi connectivity index (χ0) is 12.8. The van der Waals surface area contributed by atoms with Gasteiger partial charge in [0.05, 0.1) is 21.8 Å². The molecule has 0 spiro atoms. The number of carbonyl (C=O) groups excluding carboxylic acids is 1. The first-order chi connectivity index (χ1) is 7.75. The third kappa shape index (κ3) is 1.78. The molecule has 1 aromatic carbocycles. The first-order valence-electron chi connectivity index (χ1n) is 5.64. The van der Waals surface area contributed by atoms with Crippen LogP contribution in [0.4, 0.5) is 11.4 Å². The van der Waals surface area contributed by atoms with Crippen molar-refractivity contribution >= 4 is 28.9 Å². The van der Waals surface area contributed by atoms with Gasteiger partial charge in [-0.1, -0.05) is 17.7 Å². The normalized spacial score (nSPS) is 20.9. The molecule has 1 amide bonds. The molecule has 1 aromatic rings. The SMILES string of the molecule is CC1(C)Nc2c(Cl)cccc2NC(=O)C1(C)C. The maximum absolute atomic E-state index is 12.2. The van der Waals surface area contributed by atoms with Gasteiger partial charge in [0.15, 0.2) is 0 Å². The summed E-state index contributed by atoms with van der Waals surface area (Å²) in [5, 5.41) is 6.91. The minimum atomic E-state index is -0.532. The summed E-state index contributed by atoms with van der Waals surface area (Å²) in [5.41, 5.74) is 0.613. The average molecular weight is 253 g/mol. The van der Waals surface area contributed by atoms with E-state index in [0.29, 0.717) is 5.02 Å². The fourth-order valence-corrected chi connectivity index (χ4v) is 2.01. The maximum atomic E-state index is 12.2. The quantitative estimate of drug-likeness (QED) is 0.742. The van der Waals surface area contributed by atoms with E-state index in [1.54, 1.807) is 0 Å². The van der Waals surface area contributed by atoms with Gasteiger partial charge in [-0.05, 0) is 39.8 Å². The van der Waals surface area contributed by atoms with E-state index in [1.165, 1.54) is 0 Å². The summed E-state index contributed by atoms with van der Waals surface area (Å²) in [6, 6.07) is 5.49. The Morgan fingerprint density at radius 3 is 2.47 bits per heavy atom. The van der Waals surface area contributed by atoms with Gasteiger partial charge in [0.1, 0.15) is 0 Å². The van der Waals surface area contributed by atoms with Gasteiger partial charge in [0.2, 0.25) is 5.91 Å². The summed E-state index contributed by atoms with van der Waals surface area (Å²) >= 11 is 6.17. The number of hydrogen-bond acceptors (Lipinski definition) is 2. The van der Waals surface area contributed by atoms with E-state index >= 15 is 0 Å². The van der Waals surface area contributed by atoms with E-state index in [0.717, 1.165) is 11.4 Å². The van der Waals surface area contributed by atoms with Crippen LogP contribution in [0.3, 0.4) is 0 Å². The molecule has 92 valence electrons. The Hall–Kier alpha value is -1.22. The molecule has 0 aliphatic carbocycles. The number of rotatable bonds is 0. The molecule has 1 heterocycles. The van der Waals surface area contributed by atoms with Crippen molar-refractivity contribution in [3.63, 3.8) is 0 Å². The summed E-state index contributed by atoms with van der Waals surface area (Å²) in [6.07, 6.45) is 0. The first-order valence-corrected chi connectivity index (χ1v) is 6.02. The summed E-state index contributed by atoms with van der Waals surface area (Å²) in [5.74, 6) is -0.00369. The second-order valence-electron chi connectivity index (χ2n) is 5.49. The van der Waals surface area contributed by atoms with Gasteiger partial charge >= 0.3 is 0 Å². The minimum Gasteiger partial charge on any atom is -0.376 e. The first kappa shape index (κ1) is 12.2. The Balaban J connectivity index is 2.59. The van der Waals surface area contributed by atoms with Gasteiger partial charge in [-0.3, -0.25) is 4.79 Å². The lowest BCUT2D eigenvalue weighted by Gasteiger charge is -2.39. The molecule has 1 aliphatic rings. The lowest BCUT2D eigenvalue weighted by Crippen LogP contribution is -2.50. The second-order valence-corrected chi connectivity index (χ2v) is 5.90. The van der Waals surface area contributed by atoms with Crippen molar-refractivity contribution < 1.29 is 4.79 Å². The highest BCUT2D eigenvalue weighted by atomic mass is 35.5. The van der Waals surface area contributed by atoms with E-state index in [9.17, 15) is 4.79 Å². The van der Waals surface area contributed by atoms with Crippen LogP contribution < -0.4 is 10.6 Å². The third-order valence-electron chi connectivity index (χ3n) is 3.83. The zero-order valence-electron chi connectivity index (χ0n) is 10.5. The highest BCUT2D eigenvalue weighted by Crippen LogP contribution is 2.42. The molecule has 0 unspecified atom stereocenters. The van der Waals surface area contributed by atoms with Crippen LogP contribution >= 0.6 is 11.6 Å². The van der Waals surface area contributed by atoms with Gasteiger partial charge in [0.25, 0.3) is 0 Å². The highest BCUT2D eigenvalue weighted by Gasteiger charge is 2.45. The molecule has 3 nitrogen and oxygen atoms in total. The number of benzene rings is 1. The highest BCUT2D eigenvalue weighted by molar-refractivity contribution is 6.34. The number of carbonyl (C=O) groups is 1. The molecule has 4 heteroatoms.